The molecular formula is C3H5IN2S. The van der Waals surface area contributed by atoms with E-state index in [1.807, 2.05) is 11.0 Å². The Hall–Kier alpha value is 0.290. The standard InChI is InChI=1S/C3H5IN2S/c1-3(2-4)5-6-7/h2H,1H3,(H,5,7)/b3-2-. The Morgan fingerprint density at radius 1 is 2.00 bits per heavy atom. The van der Waals surface area contributed by atoms with Gasteiger partial charge >= 0.3 is 0 Å². The number of nitrogens with zero attached hydrogens (tertiary/aromatic N) is 1. The Balaban J connectivity index is 3.36. The van der Waals surface area contributed by atoms with E-state index in [-0.39, 0.29) is 0 Å². The van der Waals surface area contributed by atoms with Gasteiger partial charge in [-0.3, -0.25) is 5.43 Å². The van der Waals surface area contributed by atoms with Gasteiger partial charge in [-0.25, -0.2) is 0 Å². The number of hydrogen-bond acceptors (Lipinski definition) is 2. The molecule has 0 saturated carbocycles. The quantitative estimate of drug-likeness (QED) is 0.572. The summed E-state index contributed by atoms with van der Waals surface area (Å²) in [7, 11) is 0. The molecule has 0 bridgehead atoms. The largest absolute Gasteiger partial charge is 0.271 e. The molecule has 0 heterocycles. The fraction of sp³-hybridized carbons (Fsp3) is 0.333. The molecule has 0 aliphatic carbocycles. The third kappa shape index (κ3) is 4.14. The first-order valence-corrected chi connectivity index (χ1v) is 3.27. The first kappa shape index (κ1) is 7.29. The summed E-state index contributed by atoms with van der Waals surface area (Å²) < 4.78 is 5.14. The summed E-state index contributed by atoms with van der Waals surface area (Å²) in [5.41, 5.74) is 3.56. The first-order chi connectivity index (χ1) is 3.31. The maximum Gasteiger partial charge on any atom is 0.0629 e. The fourth-order valence-electron chi connectivity index (χ4n) is 0.0964. The molecule has 0 spiro atoms. The molecule has 0 radical (unpaired) electrons. The summed E-state index contributed by atoms with van der Waals surface area (Å²) in [5.74, 6) is 0. The molecule has 2 nitrogen and oxygen atoms in total. The van der Waals surface area contributed by atoms with E-state index >= 15 is 0 Å². The number of rotatable bonds is 2. The number of nitrogens with one attached hydrogen (secondary N) is 1. The highest BCUT2D eigenvalue weighted by atomic mass is 127. The van der Waals surface area contributed by atoms with Crippen molar-refractivity contribution < 1.29 is 0 Å². The topological polar surface area (TPSA) is 24.4 Å². The summed E-state index contributed by atoms with van der Waals surface area (Å²) in [6.45, 7) is 1.89. The summed E-state index contributed by atoms with van der Waals surface area (Å²) >= 11 is 6.37. The van der Waals surface area contributed by atoms with Crippen LogP contribution >= 0.6 is 22.6 Å². The van der Waals surface area contributed by atoms with Gasteiger partial charge in [0.2, 0.25) is 0 Å². The Morgan fingerprint density at radius 2 is 2.57 bits per heavy atom. The zero-order valence-corrected chi connectivity index (χ0v) is 6.78. The molecule has 0 aliphatic rings. The Morgan fingerprint density at radius 3 is 2.71 bits per heavy atom. The van der Waals surface area contributed by atoms with E-state index in [0.717, 1.165) is 5.70 Å². The maximum absolute atomic E-state index is 4.26. The van der Waals surface area contributed by atoms with Gasteiger partial charge < -0.3 is 0 Å². The van der Waals surface area contributed by atoms with Gasteiger partial charge in [-0.05, 0) is 11.0 Å². The van der Waals surface area contributed by atoms with Crippen molar-refractivity contribution in [3.8, 4) is 0 Å². The van der Waals surface area contributed by atoms with Crippen LogP contribution in [0.1, 0.15) is 6.92 Å². The van der Waals surface area contributed by atoms with Gasteiger partial charge in [-0.1, -0.05) is 22.6 Å². The van der Waals surface area contributed by atoms with Crippen LogP contribution in [0.15, 0.2) is 14.3 Å². The molecular weight excluding hydrogens is 223 g/mol. The number of halogens is 1. The van der Waals surface area contributed by atoms with Crippen molar-refractivity contribution >= 4 is 35.0 Å². The highest BCUT2D eigenvalue weighted by molar-refractivity contribution is 14.1. The highest BCUT2D eigenvalue weighted by Crippen LogP contribution is 1.90. The minimum atomic E-state index is 0.968. The summed E-state index contributed by atoms with van der Waals surface area (Å²) in [6, 6.07) is 0. The van der Waals surface area contributed by atoms with Crippen molar-refractivity contribution in [2.45, 2.75) is 6.92 Å². The Bertz CT molecular complexity index is 90.9. The van der Waals surface area contributed by atoms with E-state index in [0.29, 0.717) is 0 Å². The van der Waals surface area contributed by atoms with Crippen LogP contribution in [-0.4, -0.2) is 0 Å². The summed E-state index contributed by atoms with van der Waals surface area (Å²) in [4.78, 5) is 0. The van der Waals surface area contributed by atoms with Crippen LogP contribution in [-0.2, 0) is 12.4 Å². The fourth-order valence-corrected chi connectivity index (χ4v) is 0.380. The van der Waals surface area contributed by atoms with Crippen molar-refractivity contribution in [2.75, 3.05) is 0 Å². The third-order valence-corrected chi connectivity index (χ3v) is 1.41. The molecule has 7 heavy (non-hydrogen) atoms. The zero-order chi connectivity index (χ0) is 5.70. The van der Waals surface area contributed by atoms with E-state index < -0.39 is 0 Å². The maximum atomic E-state index is 4.26. The second-order valence-corrected chi connectivity index (χ2v) is 1.80. The Kier molecular flexibility index (Phi) is 4.63. The van der Waals surface area contributed by atoms with Crippen LogP contribution in [0.4, 0.5) is 0 Å². The molecule has 0 aromatic carbocycles. The SMILES string of the molecule is C/C(=C/I)NN=S. The molecule has 1 N–H and O–H groups in total. The summed E-state index contributed by atoms with van der Waals surface area (Å²) in [5, 5.41) is 0. The van der Waals surface area contributed by atoms with Gasteiger partial charge in [-0.2, -0.15) is 0 Å². The molecule has 0 aromatic heterocycles. The third-order valence-electron chi connectivity index (χ3n) is 0.386. The average molecular weight is 228 g/mol. The normalized spacial score (nSPS) is 10.9. The van der Waals surface area contributed by atoms with Crippen LogP contribution in [0, 0.1) is 0 Å². The van der Waals surface area contributed by atoms with Gasteiger partial charge in [0.05, 0.1) is 12.4 Å². The lowest BCUT2D eigenvalue weighted by molar-refractivity contribution is 0.914. The lowest BCUT2D eigenvalue weighted by atomic mass is 10.6. The van der Waals surface area contributed by atoms with Crippen molar-refractivity contribution in [1.82, 2.24) is 5.43 Å². The monoisotopic (exact) mass is 228 g/mol. The van der Waals surface area contributed by atoms with Crippen molar-refractivity contribution in [1.29, 1.82) is 0 Å². The number of hydrogen-bond donors (Lipinski definition) is 1. The minimum absolute atomic E-state index is 0.968. The van der Waals surface area contributed by atoms with Crippen molar-refractivity contribution in [3.05, 3.63) is 9.78 Å². The van der Waals surface area contributed by atoms with Gasteiger partial charge in [-0.15, -0.1) is 4.47 Å². The molecule has 0 unspecified atom stereocenters. The second kappa shape index (κ2) is 4.45. The van der Waals surface area contributed by atoms with Crippen molar-refractivity contribution in [3.63, 3.8) is 0 Å². The van der Waals surface area contributed by atoms with E-state index in [4.69, 9.17) is 0 Å². The average Bonchev–Trinajstić information content (AvgIpc) is 1.68. The number of allylic oxidation sites excluding steroid dienone is 1. The highest BCUT2D eigenvalue weighted by Gasteiger charge is 1.75. The van der Waals surface area contributed by atoms with Crippen LogP contribution in [0.3, 0.4) is 0 Å². The van der Waals surface area contributed by atoms with Gasteiger partial charge in [0.15, 0.2) is 0 Å². The molecule has 0 amide bonds. The predicted octanol–water partition coefficient (Wildman–Crippen LogP) is 1.52. The van der Waals surface area contributed by atoms with Crippen LogP contribution < -0.4 is 5.43 Å². The van der Waals surface area contributed by atoms with E-state index in [9.17, 15) is 0 Å². The molecule has 4 heteroatoms. The summed E-state index contributed by atoms with van der Waals surface area (Å²) in [6.07, 6.45) is 0. The molecule has 0 rings (SSSR count). The van der Waals surface area contributed by atoms with Crippen LogP contribution in [0.2, 0.25) is 0 Å². The van der Waals surface area contributed by atoms with Gasteiger partial charge in [0.1, 0.15) is 0 Å². The lowest BCUT2D eigenvalue weighted by Crippen LogP contribution is -1.97. The molecule has 40 valence electrons. The van der Waals surface area contributed by atoms with E-state index in [2.05, 4.69) is 44.9 Å². The van der Waals surface area contributed by atoms with Crippen LogP contribution in [0.5, 0.6) is 0 Å². The molecule has 0 fully saturated rings. The van der Waals surface area contributed by atoms with Gasteiger partial charge in [0.25, 0.3) is 0 Å². The van der Waals surface area contributed by atoms with Gasteiger partial charge in [0, 0.05) is 5.70 Å². The molecule has 0 saturated heterocycles. The molecule has 0 aliphatic heterocycles. The van der Waals surface area contributed by atoms with Crippen LogP contribution in [0.25, 0.3) is 0 Å². The predicted molar refractivity (Wildman–Crippen MR) is 40.7 cm³/mol. The van der Waals surface area contributed by atoms with Crippen molar-refractivity contribution in [2.24, 2.45) is 4.47 Å². The lowest BCUT2D eigenvalue weighted by Gasteiger charge is -1.89. The molecule has 0 aromatic rings. The minimum Gasteiger partial charge on any atom is -0.271 e. The van der Waals surface area contributed by atoms with E-state index in [1.165, 1.54) is 0 Å². The molecule has 0 atom stereocenters. The first-order valence-electron chi connectivity index (χ1n) is 1.66. The smallest absolute Gasteiger partial charge is 0.0629 e. The zero-order valence-electron chi connectivity index (χ0n) is 3.81. The second-order valence-electron chi connectivity index (χ2n) is 0.995. The Labute approximate surface area is 61.7 Å². The van der Waals surface area contributed by atoms with E-state index in [1.54, 1.807) is 0 Å².